The molecule has 6 heteroatoms. The summed E-state index contributed by atoms with van der Waals surface area (Å²) < 4.78 is 26.5. The molecule has 0 aliphatic rings. The van der Waals surface area contributed by atoms with Gasteiger partial charge in [0.15, 0.2) is 5.54 Å². The summed E-state index contributed by atoms with van der Waals surface area (Å²) in [6.45, 7) is 3.18. The molecule has 4 nitrogen and oxygen atoms in total. The molecule has 104 valence electrons. The third-order valence-corrected chi connectivity index (χ3v) is 3.01. The highest BCUT2D eigenvalue weighted by molar-refractivity contribution is 5.82. The highest BCUT2D eigenvalue weighted by Crippen LogP contribution is 2.29. The molecule has 0 aliphatic heterocycles. The van der Waals surface area contributed by atoms with E-state index < -0.39 is 23.1 Å². The van der Waals surface area contributed by atoms with Gasteiger partial charge in [0.1, 0.15) is 11.6 Å². The van der Waals surface area contributed by atoms with Crippen LogP contribution in [0.3, 0.4) is 0 Å². The zero-order valence-corrected chi connectivity index (χ0v) is 10.7. The van der Waals surface area contributed by atoms with Gasteiger partial charge in [-0.05, 0) is 31.0 Å². The molecule has 0 fully saturated rings. The molecular formula is C13H15F2NO3. The van der Waals surface area contributed by atoms with Crippen molar-refractivity contribution >= 4 is 12.4 Å². The summed E-state index contributed by atoms with van der Waals surface area (Å²) in [7, 11) is 0. The summed E-state index contributed by atoms with van der Waals surface area (Å²) >= 11 is 0. The number of carboxylic acid groups (broad SMARTS) is 1. The van der Waals surface area contributed by atoms with Gasteiger partial charge in [-0.3, -0.25) is 4.79 Å². The molecule has 1 aromatic rings. The van der Waals surface area contributed by atoms with Crippen molar-refractivity contribution < 1.29 is 23.5 Å². The average molecular weight is 271 g/mol. The quantitative estimate of drug-likeness (QED) is 0.806. The number of carbonyl (C=O) groups is 2. The molecule has 0 heterocycles. The third-order valence-electron chi connectivity index (χ3n) is 3.01. The summed E-state index contributed by atoms with van der Waals surface area (Å²) in [5, 5.41) is 9.35. The van der Waals surface area contributed by atoms with Crippen LogP contribution in [0.1, 0.15) is 25.8 Å². The van der Waals surface area contributed by atoms with Crippen LogP contribution >= 0.6 is 0 Å². The zero-order valence-electron chi connectivity index (χ0n) is 10.7. The molecule has 1 amide bonds. The second-order valence-electron chi connectivity index (χ2n) is 4.33. The Morgan fingerprint density at radius 1 is 1.37 bits per heavy atom. The van der Waals surface area contributed by atoms with Gasteiger partial charge in [-0.15, -0.1) is 0 Å². The maximum absolute atomic E-state index is 13.2. The Hall–Kier alpha value is -1.98. The second-order valence-corrected chi connectivity index (χ2v) is 4.33. The summed E-state index contributed by atoms with van der Waals surface area (Å²) in [5.41, 5.74) is -1.92. The lowest BCUT2D eigenvalue weighted by Gasteiger charge is -2.35. The molecule has 0 saturated carbocycles. The van der Waals surface area contributed by atoms with Crippen molar-refractivity contribution in [1.29, 1.82) is 0 Å². The number of rotatable bonds is 6. The van der Waals surface area contributed by atoms with Gasteiger partial charge >= 0.3 is 5.97 Å². The molecule has 1 N–H and O–H groups in total. The van der Waals surface area contributed by atoms with Crippen molar-refractivity contribution in [2.24, 2.45) is 0 Å². The van der Waals surface area contributed by atoms with Crippen molar-refractivity contribution in [2.75, 3.05) is 6.54 Å². The fourth-order valence-corrected chi connectivity index (χ4v) is 1.87. The monoisotopic (exact) mass is 271 g/mol. The van der Waals surface area contributed by atoms with Crippen LogP contribution in [0.2, 0.25) is 0 Å². The lowest BCUT2D eigenvalue weighted by atomic mass is 9.90. The normalized spacial score (nSPS) is 13.7. The smallest absolute Gasteiger partial charge is 0.334 e. The first-order chi connectivity index (χ1) is 8.86. The zero-order chi connectivity index (χ0) is 14.6. The molecule has 1 atom stereocenters. The van der Waals surface area contributed by atoms with Crippen LogP contribution in [0.25, 0.3) is 0 Å². The molecule has 19 heavy (non-hydrogen) atoms. The van der Waals surface area contributed by atoms with Gasteiger partial charge in [-0.25, -0.2) is 13.6 Å². The molecule has 1 aromatic carbocycles. The summed E-state index contributed by atoms with van der Waals surface area (Å²) in [4.78, 5) is 23.6. The number of hydrogen-bond acceptors (Lipinski definition) is 2. The molecule has 0 aromatic heterocycles. The van der Waals surface area contributed by atoms with E-state index in [1.807, 2.05) is 0 Å². The number of halogens is 2. The highest BCUT2D eigenvalue weighted by Gasteiger charge is 2.41. The predicted molar refractivity (Wildman–Crippen MR) is 64.4 cm³/mol. The SMILES string of the molecule is CCCN(C=O)C(C)(C(=O)O)c1cc(F)cc(F)c1. The summed E-state index contributed by atoms with van der Waals surface area (Å²) in [5.74, 6) is -3.12. The fraction of sp³-hybridized carbons (Fsp3) is 0.385. The lowest BCUT2D eigenvalue weighted by molar-refractivity contribution is -0.154. The van der Waals surface area contributed by atoms with Crippen molar-refractivity contribution in [1.82, 2.24) is 4.90 Å². The van der Waals surface area contributed by atoms with E-state index in [1.165, 1.54) is 6.92 Å². The van der Waals surface area contributed by atoms with Gasteiger partial charge in [0.05, 0.1) is 0 Å². The molecule has 1 rings (SSSR count). The fourth-order valence-electron chi connectivity index (χ4n) is 1.87. The Bertz CT molecular complexity index is 473. The maximum Gasteiger partial charge on any atom is 0.334 e. The van der Waals surface area contributed by atoms with Gasteiger partial charge in [0, 0.05) is 12.6 Å². The first-order valence-corrected chi connectivity index (χ1v) is 5.78. The van der Waals surface area contributed by atoms with Crippen molar-refractivity contribution in [3.63, 3.8) is 0 Å². The Morgan fingerprint density at radius 3 is 2.26 bits per heavy atom. The Morgan fingerprint density at radius 2 is 1.89 bits per heavy atom. The Kier molecular flexibility index (Phi) is 4.58. The van der Waals surface area contributed by atoms with E-state index >= 15 is 0 Å². The summed E-state index contributed by atoms with van der Waals surface area (Å²) in [6.07, 6.45) is 0.903. The molecule has 0 aliphatic carbocycles. The number of nitrogens with zero attached hydrogens (tertiary/aromatic N) is 1. The molecule has 0 saturated heterocycles. The molecule has 0 spiro atoms. The van der Waals surface area contributed by atoms with E-state index in [2.05, 4.69) is 0 Å². The van der Waals surface area contributed by atoms with Gasteiger partial charge in [-0.1, -0.05) is 6.92 Å². The van der Waals surface area contributed by atoms with E-state index in [9.17, 15) is 23.5 Å². The minimum absolute atomic E-state index is 0.113. The number of hydrogen-bond donors (Lipinski definition) is 1. The largest absolute Gasteiger partial charge is 0.479 e. The third kappa shape index (κ3) is 2.89. The molecule has 0 bridgehead atoms. The molecular weight excluding hydrogens is 256 g/mol. The number of aliphatic carboxylic acids is 1. The molecule has 0 radical (unpaired) electrons. The van der Waals surface area contributed by atoms with E-state index in [0.29, 0.717) is 18.9 Å². The van der Waals surface area contributed by atoms with Crippen LogP contribution in [0.15, 0.2) is 18.2 Å². The highest BCUT2D eigenvalue weighted by atomic mass is 19.1. The predicted octanol–water partition coefficient (Wildman–Crippen LogP) is 2.13. The van der Waals surface area contributed by atoms with Gasteiger partial charge in [0.25, 0.3) is 0 Å². The summed E-state index contributed by atoms with van der Waals surface area (Å²) in [6, 6.07) is 2.49. The van der Waals surface area contributed by atoms with Gasteiger partial charge in [0.2, 0.25) is 6.41 Å². The second kappa shape index (κ2) is 5.77. The van der Waals surface area contributed by atoms with E-state index in [1.54, 1.807) is 6.92 Å². The van der Waals surface area contributed by atoms with Crippen LogP contribution in [0.5, 0.6) is 0 Å². The van der Waals surface area contributed by atoms with Crippen LogP contribution < -0.4 is 0 Å². The van der Waals surface area contributed by atoms with E-state index in [-0.39, 0.29) is 12.1 Å². The Balaban J connectivity index is 3.39. The van der Waals surface area contributed by atoms with Crippen molar-refractivity contribution in [3.05, 3.63) is 35.4 Å². The number of carbonyl (C=O) groups excluding carboxylic acids is 1. The van der Waals surface area contributed by atoms with Gasteiger partial charge in [-0.2, -0.15) is 0 Å². The van der Waals surface area contributed by atoms with Crippen molar-refractivity contribution in [2.45, 2.75) is 25.8 Å². The number of benzene rings is 1. The average Bonchev–Trinajstić information content (AvgIpc) is 2.33. The van der Waals surface area contributed by atoms with E-state index in [0.717, 1.165) is 17.0 Å². The maximum atomic E-state index is 13.2. The topological polar surface area (TPSA) is 57.6 Å². The van der Waals surface area contributed by atoms with Crippen LogP contribution in [0, 0.1) is 11.6 Å². The molecule has 1 unspecified atom stereocenters. The first-order valence-electron chi connectivity index (χ1n) is 5.78. The standard InChI is InChI=1S/C13H15F2NO3/c1-3-4-16(8-17)13(2,12(18)19)9-5-10(14)7-11(15)6-9/h5-8H,3-4H2,1-2H3,(H,18,19). The van der Waals surface area contributed by atoms with Crippen molar-refractivity contribution in [3.8, 4) is 0 Å². The lowest BCUT2D eigenvalue weighted by Crippen LogP contribution is -2.49. The van der Waals surface area contributed by atoms with Crippen LogP contribution in [0.4, 0.5) is 8.78 Å². The number of amides is 1. The first kappa shape index (κ1) is 15.1. The van der Waals surface area contributed by atoms with Crippen LogP contribution in [-0.4, -0.2) is 28.9 Å². The van der Waals surface area contributed by atoms with Crippen LogP contribution in [-0.2, 0) is 15.1 Å². The minimum Gasteiger partial charge on any atom is -0.479 e. The number of carboxylic acids is 1. The Labute approximate surface area is 109 Å². The minimum atomic E-state index is -1.80. The van der Waals surface area contributed by atoms with E-state index in [4.69, 9.17) is 0 Å². The van der Waals surface area contributed by atoms with Gasteiger partial charge < -0.3 is 10.0 Å².